The number of H-pyrrole nitrogens is 1. The number of aromatic nitrogens is 4. The van der Waals surface area contributed by atoms with E-state index < -0.39 is 36.7 Å². The quantitative estimate of drug-likeness (QED) is 0.274. The van der Waals surface area contributed by atoms with Crippen molar-refractivity contribution in [1.82, 2.24) is 19.5 Å². The number of aromatic amines is 1. The molecule has 2 aromatic carbocycles. The van der Waals surface area contributed by atoms with Gasteiger partial charge in [0.2, 0.25) is 5.95 Å². The van der Waals surface area contributed by atoms with Crippen LogP contribution in [0, 0.1) is 0 Å². The molecule has 0 spiro atoms. The molecule has 0 unspecified atom stereocenters. The first-order valence-corrected chi connectivity index (χ1v) is 11.0. The molecule has 0 amide bonds. The van der Waals surface area contributed by atoms with Crippen LogP contribution in [0.5, 0.6) is 0 Å². The smallest absolute Gasteiger partial charge is 0.280 e. The van der Waals surface area contributed by atoms with Gasteiger partial charge in [0.05, 0.1) is 6.61 Å². The first-order chi connectivity index (χ1) is 15.5. The summed E-state index contributed by atoms with van der Waals surface area (Å²) >= 11 is 1.34. The van der Waals surface area contributed by atoms with Gasteiger partial charge in [-0.25, -0.2) is 4.98 Å². The number of rotatable bonds is 5. The second-order valence-corrected chi connectivity index (χ2v) is 8.49. The fourth-order valence-corrected chi connectivity index (χ4v) is 4.99. The van der Waals surface area contributed by atoms with Crippen LogP contribution in [0.25, 0.3) is 21.9 Å². The molecular formula is C21H21N5O5S. The van der Waals surface area contributed by atoms with Crippen LogP contribution in [0.4, 0.5) is 5.95 Å². The van der Waals surface area contributed by atoms with Gasteiger partial charge in [-0.3, -0.25) is 14.3 Å². The molecule has 0 aliphatic carbocycles. The molecule has 0 saturated carbocycles. The Bertz CT molecular complexity index is 1350. The summed E-state index contributed by atoms with van der Waals surface area (Å²) in [7, 11) is 0. The number of imidazole rings is 1. The minimum absolute atomic E-state index is 0.0392. The van der Waals surface area contributed by atoms with Gasteiger partial charge in [0.1, 0.15) is 18.3 Å². The number of hydrogen-bond donors (Lipinski definition) is 5. The molecule has 32 heavy (non-hydrogen) atoms. The summed E-state index contributed by atoms with van der Waals surface area (Å²) in [5, 5.41) is 32.9. The monoisotopic (exact) mass is 455 g/mol. The highest BCUT2D eigenvalue weighted by Gasteiger charge is 2.45. The second-order valence-electron chi connectivity index (χ2n) is 7.54. The van der Waals surface area contributed by atoms with Crippen LogP contribution in [-0.4, -0.2) is 59.8 Å². The summed E-state index contributed by atoms with van der Waals surface area (Å²) in [6.45, 7) is -0.476. The highest BCUT2D eigenvalue weighted by atomic mass is 32.2. The Morgan fingerprint density at radius 3 is 2.69 bits per heavy atom. The number of nitrogens with zero attached hydrogens (tertiary/aromatic N) is 3. The maximum atomic E-state index is 12.4. The van der Waals surface area contributed by atoms with Crippen molar-refractivity contribution in [2.45, 2.75) is 35.4 Å². The Balaban J connectivity index is 1.59. The molecular weight excluding hydrogens is 434 g/mol. The lowest BCUT2D eigenvalue weighted by Gasteiger charge is -2.19. The second kappa shape index (κ2) is 8.19. The zero-order chi connectivity index (χ0) is 22.4. The molecule has 10 nitrogen and oxygen atoms in total. The van der Waals surface area contributed by atoms with Crippen LogP contribution >= 0.6 is 11.8 Å². The third-order valence-electron chi connectivity index (χ3n) is 5.54. The maximum Gasteiger partial charge on any atom is 0.280 e. The van der Waals surface area contributed by atoms with Gasteiger partial charge in [0.25, 0.3) is 5.56 Å². The fourth-order valence-electron chi connectivity index (χ4n) is 3.97. The number of benzene rings is 2. The van der Waals surface area contributed by atoms with Gasteiger partial charge >= 0.3 is 0 Å². The summed E-state index contributed by atoms with van der Waals surface area (Å²) in [6.07, 6.45) is -4.75. The molecule has 0 radical (unpaired) electrons. The van der Waals surface area contributed by atoms with Crippen molar-refractivity contribution in [3.05, 3.63) is 58.4 Å². The normalized spacial score (nSPS) is 23.3. The molecule has 6 N–H and O–H groups in total. The summed E-state index contributed by atoms with van der Waals surface area (Å²) in [5.41, 5.74) is 6.44. The highest BCUT2D eigenvalue weighted by Crippen LogP contribution is 2.36. The molecule has 1 fully saturated rings. The van der Waals surface area contributed by atoms with Crippen molar-refractivity contribution in [1.29, 1.82) is 0 Å². The van der Waals surface area contributed by atoms with Crippen LogP contribution in [0.2, 0.25) is 0 Å². The number of anilines is 1. The van der Waals surface area contributed by atoms with Crippen LogP contribution < -0.4 is 11.3 Å². The largest absolute Gasteiger partial charge is 0.394 e. The molecule has 1 saturated heterocycles. The van der Waals surface area contributed by atoms with Crippen molar-refractivity contribution in [2.24, 2.45) is 0 Å². The Hall–Kier alpha value is -2.96. The van der Waals surface area contributed by atoms with Crippen molar-refractivity contribution >= 4 is 39.6 Å². The molecule has 0 bridgehead atoms. The van der Waals surface area contributed by atoms with Crippen molar-refractivity contribution in [3.8, 4) is 0 Å². The SMILES string of the molecule is Nc1nc2c(nc(SCc3cccc4ccccc34)n2[C@@H]2O[C@H](CO)[C@@H](O)[C@H]2O)c(=O)[nH]1. The molecule has 166 valence electrons. The topological polar surface area (TPSA) is 160 Å². The summed E-state index contributed by atoms with van der Waals surface area (Å²) in [4.78, 5) is 23.5. The Morgan fingerprint density at radius 1 is 1.12 bits per heavy atom. The van der Waals surface area contributed by atoms with E-state index in [-0.39, 0.29) is 17.1 Å². The Kier molecular flexibility index (Phi) is 5.35. The molecule has 4 aromatic rings. The van der Waals surface area contributed by atoms with Crippen LogP contribution in [0.3, 0.4) is 0 Å². The fraction of sp³-hybridized carbons (Fsp3) is 0.286. The van der Waals surface area contributed by atoms with Gasteiger partial charge in [0, 0.05) is 5.75 Å². The zero-order valence-electron chi connectivity index (χ0n) is 16.8. The molecule has 1 aliphatic heterocycles. The van der Waals surface area contributed by atoms with E-state index in [0.29, 0.717) is 10.9 Å². The predicted molar refractivity (Wildman–Crippen MR) is 119 cm³/mol. The van der Waals surface area contributed by atoms with Gasteiger partial charge in [-0.15, -0.1) is 0 Å². The average Bonchev–Trinajstić information content (AvgIpc) is 3.29. The van der Waals surface area contributed by atoms with E-state index >= 15 is 0 Å². The number of nitrogens with one attached hydrogen (secondary N) is 1. The van der Waals surface area contributed by atoms with Crippen LogP contribution in [0.15, 0.2) is 52.4 Å². The summed E-state index contributed by atoms with van der Waals surface area (Å²) in [5.74, 6) is 0.411. The molecule has 11 heteroatoms. The van der Waals surface area contributed by atoms with E-state index in [1.165, 1.54) is 16.3 Å². The predicted octanol–water partition coefficient (Wildman–Crippen LogP) is 0.759. The average molecular weight is 455 g/mol. The van der Waals surface area contributed by atoms with Crippen LogP contribution in [0.1, 0.15) is 11.8 Å². The summed E-state index contributed by atoms with van der Waals surface area (Å²) in [6, 6.07) is 14.0. The van der Waals surface area contributed by atoms with E-state index in [1.54, 1.807) is 0 Å². The Labute approximate surface area is 185 Å². The third-order valence-corrected chi connectivity index (χ3v) is 6.55. The van der Waals surface area contributed by atoms with Gasteiger partial charge in [0.15, 0.2) is 22.5 Å². The number of aliphatic hydroxyl groups excluding tert-OH is 3. The van der Waals surface area contributed by atoms with E-state index in [9.17, 15) is 20.1 Å². The number of ether oxygens (including phenoxy) is 1. The lowest BCUT2D eigenvalue weighted by atomic mass is 10.1. The van der Waals surface area contributed by atoms with Crippen molar-refractivity contribution in [3.63, 3.8) is 0 Å². The molecule has 2 aromatic heterocycles. The molecule has 3 heterocycles. The van der Waals surface area contributed by atoms with Gasteiger partial charge in [-0.1, -0.05) is 54.2 Å². The van der Waals surface area contributed by atoms with Crippen molar-refractivity contribution < 1.29 is 20.1 Å². The zero-order valence-corrected chi connectivity index (χ0v) is 17.6. The van der Waals surface area contributed by atoms with E-state index in [1.807, 2.05) is 42.5 Å². The highest BCUT2D eigenvalue weighted by molar-refractivity contribution is 7.98. The first kappa shape index (κ1) is 20.9. The number of nitrogen functional groups attached to an aromatic ring is 1. The molecule has 4 atom stereocenters. The summed E-state index contributed by atoms with van der Waals surface area (Å²) < 4.78 is 7.16. The molecule has 1 aliphatic rings. The van der Waals surface area contributed by atoms with Crippen molar-refractivity contribution in [2.75, 3.05) is 12.3 Å². The standard InChI is InChI=1S/C21H21N5O5S/c22-20-24-17-14(18(30)25-20)23-21(26(17)19-16(29)15(28)13(8-27)31-19)32-9-11-6-3-5-10-4-1-2-7-12(10)11/h1-7,13,15-16,19,27-29H,8-9H2,(H3,22,24,25,30)/t13-,15-,16-,19-/m1/s1. The third kappa shape index (κ3) is 3.44. The minimum atomic E-state index is -1.36. The van der Waals surface area contributed by atoms with Crippen LogP contribution in [-0.2, 0) is 10.5 Å². The van der Waals surface area contributed by atoms with E-state index in [4.69, 9.17) is 10.5 Å². The Morgan fingerprint density at radius 2 is 1.91 bits per heavy atom. The number of nitrogens with two attached hydrogens (primary N) is 1. The maximum absolute atomic E-state index is 12.4. The number of aliphatic hydroxyl groups is 3. The number of thioether (sulfide) groups is 1. The van der Waals surface area contributed by atoms with E-state index in [0.717, 1.165) is 16.3 Å². The van der Waals surface area contributed by atoms with Gasteiger partial charge in [-0.05, 0) is 16.3 Å². The lowest BCUT2D eigenvalue weighted by molar-refractivity contribution is -0.0548. The number of fused-ring (bicyclic) bond motifs is 2. The van der Waals surface area contributed by atoms with Gasteiger partial charge < -0.3 is 25.8 Å². The first-order valence-electron chi connectivity index (χ1n) is 9.97. The lowest BCUT2D eigenvalue weighted by Crippen LogP contribution is -2.33. The van der Waals surface area contributed by atoms with E-state index in [2.05, 4.69) is 15.0 Å². The number of hydrogen-bond acceptors (Lipinski definition) is 9. The minimum Gasteiger partial charge on any atom is -0.394 e. The molecule has 5 rings (SSSR count). The van der Waals surface area contributed by atoms with Gasteiger partial charge in [-0.2, -0.15) is 4.98 Å².